The molecule has 7 nitrogen and oxygen atoms in total. The summed E-state index contributed by atoms with van der Waals surface area (Å²) in [6.07, 6.45) is 2.92. The number of anilines is 3. The fourth-order valence-corrected chi connectivity index (χ4v) is 5.62. The van der Waals surface area contributed by atoms with Crippen LogP contribution in [0.4, 0.5) is 21.9 Å². The Morgan fingerprint density at radius 2 is 1.68 bits per heavy atom. The third kappa shape index (κ3) is 7.43. The third-order valence-electron chi connectivity index (χ3n) is 6.42. The van der Waals surface area contributed by atoms with Crippen LogP contribution in [0.2, 0.25) is 0 Å². The van der Waals surface area contributed by atoms with Crippen molar-refractivity contribution < 1.29 is 19.4 Å². The van der Waals surface area contributed by atoms with Gasteiger partial charge in [0.2, 0.25) is 5.91 Å². The first-order valence-electron chi connectivity index (χ1n) is 12.7. The van der Waals surface area contributed by atoms with Gasteiger partial charge in [0.25, 0.3) is 0 Å². The number of rotatable bonds is 9. The second-order valence-corrected chi connectivity index (χ2v) is 11.1. The van der Waals surface area contributed by atoms with E-state index in [0.717, 1.165) is 15.2 Å². The van der Waals surface area contributed by atoms with Gasteiger partial charge in [-0.15, -0.1) is 0 Å². The number of hydrogen-bond donors (Lipinski definition) is 4. The number of nitrogens with one attached hydrogen (secondary N) is 2. The minimum absolute atomic E-state index is 0.00613. The average molecular weight is 667 g/mol. The predicted octanol–water partition coefficient (Wildman–Crippen LogP) is 8.55. The van der Waals surface area contributed by atoms with Gasteiger partial charge in [0.15, 0.2) is 0 Å². The average Bonchev–Trinajstić information content (AvgIpc) is 2.93. The number of halogens is 2. The van der Waals surface area contributed by atoms with Crippen LogP contribution in [-0.4, -0.2) is 17.1 Å². The summed E-state index contributed by atoms with van der Waals surface area (Å²) >= 11 is 6.83. The quantitative estimate of drug-likeness (QED) is 0.106. The van der Waals surface area contributed by atoms with Crippen molar-refractivity contribution in [2.45, 2.75) is 25.9 Å². The van der Waals surface area contributed by atoms with Gasteiger partial charge in [-0.2, -0.15) is 0 Å². The third-order valence-corrected chi connectivity index (χ3v) is 7.48. The first kappa shape index (κ1) is 29.2. The van der Waals surface area contributed by atoms with E-state index in [1.165, 1.54) is 6.08 Å². The molecule has 0 fully saturated rings. The number of nitrogen functional groups attached to an aromatic ring is 1. The molecule has 2 amide bonds. The molecule has 4 aromatic rings. The molecule has 0 aliphatic carbocycles. The maximum Gasteiger partial charge on any atom is 0.412 e. The maximum atomic E-state index is 13.1. The molecule has 4 rings (SSSR count). The van der Waals surface area contributed by atoms with Crippen LogP contribution >= 0.6 is 31.9 Å². The smallest absolute Gasteiger partial charge is 0.412 e. The Hall–Kier alpha value is -3.82. The highest BCUT2D eigenvalue weighted by Gasteiger charge is 2.27. The number of benzene rings is 4. The number of aromatic hydroxyl groups is 1. The number of carbonyl (C=O) groups excluding carboxylic acids is 2. The normalized spacial score (nSPS) is 12.7. The molecule has 4 aromatic carbocycles. The van der Waals surface area contributed by atoms with Crippen molar-refractivity contribution in [3.63, 3.8) is 0 Å². The molecule has 0 saturated carbocycles. The number of carbonyl (C=O) groups is 2. The van der Waals surface area contributed by atoms with Crippen LogP contribution in [0.25, 0.3) is 10.8 Å². The SMILES string of the molecule is C[C@H](CC/C=C/C(=O)Nc1ccccc1N)[C@H](OC(=O)Nc1cccc2ccccc12)c1cc(Br)cc(Br)c1O. The lowest BCUT2D eigenvalue weighted by Gasteiger charge is -2.26. The zero-order chi connectivity index (χ0) is 28.6. The van der Waals surface area contributed by atoms with Crippen molar-refractivity contribution in [3.05, 3.63) is 106 Å². The summed E-state index contributed by atoms with van der Waals surface area (Å²) in [5.74, 6) is -0.502. The zero-order valence-electron chi connectivity index (χ0n) is 21.7. The van der Waals surface area contributed by atoms with Crippen LogP contribution in [-0.2, 0) is 9.53 Å². The van der Waals surface area contributed by atoms with Crippen molar-refractivity contribution in [2.24, 2.45) is 5.92 Å². The Morgan fingerprint density at radius 3 is 2.48 bits per heavy atom. The molecule has 0 aliphatic rings. The number of amides is 2. The van der Waals surface area contributed by atoms with Gasteiger partial charge in [-0.25, -0.2) is 4.79 Å². The maximum absolute atomic E-state index is 13.1. The Kier molecular flexibility index (Phi) is 9.84. The van der Waals surface area contributed by atoms with Crippen LogP contribution in [0.15, 0.2) is 100.0 Å². The number of hydrogen-bond acceptors (Lipinski definition) is 5. The second kappa shape index (κ2) is 13.5. The molecule has 0 unspecified atom stereocenters. The molecule has 0 bridgehead atoms. The lowest BCUT2D eigenvalue weighted by atomic mass is 9.92. The number of nitrogens with two attached hydrogens (primary N) is 1. The van der Waals surface area contributed by atoms with E-state index >= 15 is 0 Å². The van der Waals surface area contributed by atoms with Gasteiger partial charge in [-0.1, -0.05) is 77.5 Å². The van der Waals surface area contributed by atoms with Crippen LogP contribution in [0.5, 0.6) is 5.75 Å². The summed E-state index contributed by atoms with van der Waals surface area (Å²) in [7, 11) is 0. The van der Waals surface area contributed by atoms with Gasteiger partial charge in [-0.05, 0) is 76.5 Å². The summed E-state index contributed by atoms with van der Waals surface area (Å²) in [4.78, 5) is 25.5. The molecule has 9 heteroatoms. The molecule has 0 spiro atoms. The largest absolute Gasteiger partial charge is 0.506 e. The lowest BCUT2D eigenvalue weighted by Crippen LogP contribution is -2.22. The molecule has 0 aromatic heterocycles. The van der Waals surface area contributed by atoms with Gasteiger partial charge < -0.3 is 20.9 Å². The number of phenols is 1. The van der Waals surface area contributed by atoms with E-state index in [-0.39, 0.29) is 17.6 Å². The van der Waals surface area contributed by atoms with Crippen molar-refractivity contribution in [3.8, 4) is 5.75 Å². The van der Waals surface area contributed by atoms with Crippen molar-refractivity contribution in [2.75, 3.05) is 16.4 Å². The van der Waals surface area contributed by atoms with E-state index in [4.69, 9.17) is 10.5 Å². The minimum atomic E-state index is -0.768. The molecule has 0 heterocycles. The van der Waals surface area contributed by atoms with Gasteiger partial charge in [-0.3, -0.25) is 10.1 Å². The fraction of sp³-hybridized carbons (Fsp3) is 0.161. The minimum Gasteiger partial charge on any atom is -0.506 e. The molecular formula is C31H29Br2N3O4. The molecule has 2 atom stereocenters. The molecule has 5 N–H and O–H groups in total. The van der Waals surface area contributed by atoms with E-state index < -0.39 is 12.2 Å². The Morgan fingerprint density at radius 1 is 0.975 bits per heavy atom. The molecular weight excluding hydrogens is 638 g/mol. The Labute approximate surface area is 249 Å². The van der Waals surface area contributed by atoms with Crippen molar-refractivity contribution in [1.29, 1.82) is 0 Å². The van der Waals surface area contributed by atoms with Gasteiger partial charge in [0.05, 0.1) is 21.5 Å². The Bertz CT molecular complexity index is 1550. The van der Waals surface area contributed by atoms with Crippen molar-refractivity contribution >= 4 is 71.7 Å². The van der Waals surface area contributed by atoms with Crippen molar-refractivity contribution in [1.82, 2.24) is 0 Å². The molecule has 0 aliphatic heterocycles. The number of allylic oxidation sites excluding steroid dienone is 1. The highest BCUT2D eigenvalue weighted by atomic mass is 79.9. The molecule has 0 saturated heterocycles. The molecule has 0 radical (unpaired) electrons. The highest BCUT2D eigenvalue weighted by molar-refractivity contribution is 9.11. The monoisotopic (exact) mass is 665 g/mol. The second-order valence-electron chi connectivity index (χ2n) is 9.34. The van der Waals surface area contributed by atoms with Crippen LogP contribution in [0.1, 0.15) is 31.4 Å². The van der Waals surface area contributed by atoms with Crippen LogP contribution < -0.4 is 16.4 Å². The zero-order valence-corrected chi connectivity index (χ0v) is 24.9. The lowest BCUT2D eigenvalue weighted by molar-refractivity contribution is -0.111. The predicted molar refractivity (Wildman–Crippen MR) is 167 cm³/mol. The van der Waals surface area contributed by atoms with E-state index in [1.807, 2.05) is 49.4 Å². The highest BCUT2D eigenvalue weighted by Crippen LogP contribution is 2.41. The van der Waals surface area contributed by atoms with E-state index in [2.05, 4.69) is 42.5 Å². The van der Waals surface area contributed by atoms with Gasteiger partial charge in [0.1, 0.15) is 11.9 Å². The van der Waals surface area contributed by atoms with Crippen LogP contribution in [0, 0.1) is 5.92 Å². The van der Waals surface area contributed by atoms with E-state index in [9.17, 15) is 14.7 Å². The number of phenolic OH excluding ortho intramolecular Hbond substituents is 1. The molecule has 206 valence electrons. The summed E-state index contributed by atoms with van der Waals surface area (Å²) in [5.41, 5.74) is 8.01. The number of para-hydroxylation sites is 2. The Balaban J connectivity index is 1.47. The van der Waals surface area contributed by atoms with E-state index in [0.29, 0.717) is 39.9 Å². The summed E-state index contributed by atoms with van der Waals surface area (Å²) in [6, 6.07) is 23.9. The first-order chi connectivity index (χ1) is 19.2. The van der Waals surface area contributed by atoms with E-state index in [1.54, 1.807) is 42.5 Å². The first-order valence-corrected chi connectivity index (χ1v) is 14.3. The number of fused-ring (bicyclic) bond motifs is 1. The number of ether oxygens (including phenoxy) is 1. The van der Waals surface area contributed by atoms with Gasteiger partial charge in [0, 0.05) is 15.4 Å². The fourth-order valence-electron chi connectivity index (χ4n) is 4.36. The summed E-state index contributed by atoms with van der Waals surface area (Å²) in [5, 5.41) is 18.3. The van der Waals surface area contributed by atoms with Crippen LogP contribution in [0.3, 0.4) is 0 Å². The summed E-state index contributed by atoms with van der Waals surface area (Å²) < 4.78 is 7.14. The standard InChI is InChI=1S/C31H29Br2N3O4/c1-19(9-2-7-16-28(37)35-27-14-6-5-13-25(27)34)30(23-17-21(32)18-24(33)29(23)38)40-31(39)36-26-15-8-11-20-10-3-4-12-22(20)26/h3-8,10-19,30,38H,2,9,34H2,1H3,(H,35,37)(H,36,39)/b16-7+/t19-,30+/m1/s1. The summed E-state index contributed by atoms with van der Waals surface area (Å²) in [6.45, 7) is 1.93. The molecule has 40 heavy (non-hydrogen) atoms. The topological polar surface area (TPSA) is 114 Å². The van der Waals surface area contributed by atoms with Gasteiger partial charge >= 0.3 is 6.09 Å².